The van der Waals surface area contributed by atoms with Gasteiger partial charge >= 0.3 is 0 Å². The summed E-state index contributed by atoms with van der Waals surface area (Å²) in [6.07, 6.45) is 2.69. The first-order valence-corrected chi connectivity index (χ1v) is 6.50. The van der Waals surface area contributed by atoms with Crippen LogP contribution in [0.1, 0.15) is 15.9 Å². The third-order valence-corrected chi connectivity index (χ3v) is 3.25. The second-order valence-electron chi connectivity index (χ2n) is 4.64. The molecule has 0 unspecified atom stereocenters. The highest BCUT2D eigenvalue weighted by atomic mass is 19.1. The Morgan fingerprint density at radius 1 is 1.09 bits per heavy atom. The number of hydrogen-bond acceptors (Lipinski definition) is 5. The molecule has 0 saturated heterocycles. The highest BCUT2D eigenvalue weighted by Gasteiger charge is 2.21. The van der Waals surface area contributed by atoms with Gasteiger partial charge in [-0.3, -0.25) is 19.5 Å². The molecule has 0 spiro atoms. The smallest absolute Gasteiger partial charge is 0.270 e. The summed E-state index contributed by atoms with van der Waals surface area (Å²) in [5, 5.41) is 18.2. The van der Waals surface area contributed by atoms with E-state index in [0.717, 1.165) is 12.1 Å². The van der Waals surface area contributed by atoms with Crippen molar-refractivity contribution < 1.29 is 14.1 Å². The summed E-state index contributed by atoms with van der Waals surface area (Å²) in [5.41, 5.74) is -0.109. The Kier molecular flexibility index (Phi) is 3.63. The Hall–Kier alpha value is -3.42. The fourth-order valence-electron chi connectivity index (χ4n) is 2.16. The van der Waals surface area contributed by atoms with E-state index >= 15 is 0 Å². The zero-order valence-electron chi connectivity index (χ0n) is 11.6. The zero-order chi connectivity index (χ0) is 16.4. The molecule has 0 fully saturated rings. The molecule has 0 aliphatic carbocycles. The standard InChI is InChI=1S/C15H9FN4O3/c16-13-4-2-1-3-11(13)15(21)12-7-10(20(22)23)5-6-14(12)19-8-17-18-9-19/h1-9H. The largest absolute Gasteiger partial charge is 0.288 e. The van der Waals surface area contributed by atoms with Crippen molar-refractivity contribution in [2.45, 2.75) is 0 Å². The van der Waals surface area contributed by atoms with Crippen molar-refractivity contribution in [3.63, 3.8) is 0 Å². The molecule has 7 nitrogen and oxygen atoms in total. The lowest BCUT2D eigenvalue weighted by Gasteiger charge is -2.09. The van der Waals surface area contributed by atoms with E-state index in [1.807, 2.05) is 0 Å². The second-order valence-corrected chi connectivity index (χ2v) is 4.64. The lowest BCUT2D eigenvalue weighted by molar-refractivity contribution is -0.384. The van der Waals surface area contributed by atoms with Crippen LogP contribution < -0.4 is 0 Å². The van der Waals surface area contributed by atoms with Crippen LogP contribution in [-0.2, 0) is 0 Å². The minimum absolute atomic E-state index is 0.0101. The third-order valence-electron chi connectivity index (χ3n) is 3.25. The number of halogens is 1. The molecule has 0 aliphatic heterocycles. The lowest BCUT2D eigenvalue weighted by Crippen LogP contribution is -2.09. The summed E-state index contributed by atoms with van der Waals surface area (Å²) in [4.78, 5) is 23.0. The van der Waals surface area contributed by atoms with E-state index < -0.39 is 16.5 Å². The lowest BCUT2D eigenvalue weighted by atomic mass is 10.0. The number of nitro groups is 1. The van der Waals surface area contributed by atoms with Gasteiger partial charge in [0.25, 0.3) is 5.69 Å². The summed E-state index contributed by atoms with van der Waals surface area (Å²) in [7, 11) is 0. The van der Waals surface area contributed by atoms with Crippen molar-refractivity contribution in [3.8, 4) is 5.69 Å². The minimum atomic E-state index is -0.696. The number of rotatable bonds is 4. The molecular weight excluding hydrogens is 303 g/mol. The first-order chi connectivity index (χ1) is 11.1. The van der Waals surface area contributed by atoms with Crippen LogP contribution in [0.15, 0.2) is 55.1 Å². The molecule has 1 aromatic heterocycles. The zero-order valence-corrected chi connectivity index (χ0v) is 11.6. The van der Waals surface area contributed by atoms with Gasteiger partial charge in [-0.25, -0.2) is 4.39 Å². The number of carbonyl (C=O) groups excluding carboxylic acids is 1. The molecule has 1 heterocycles. The van der Waals surface area contributed by atoms with E-state index in [2.05, 4.69) is 10.2 Å². The molecule has 0 amide bonds. The quantitative estimate of drug-likeness (QED) is 0.419. The maximum Gasteiger partial charge on any atom is 0.270 e. The number of nitro benzene ring substituents is 1. The van der Waals surface area contributed by atoms with Gasteiger partial charge in [0.15, 0.2) is 5.78 Å². The van der Waals surface area contributed by atoms with Crippen LogP contribution >= 0.6 is 0 Å². The van der Waals surface area contributed by atoms with Crippen molar-refractivity contribution in [2.75, 3.05) is 0 Å². The number of non-ortho nitro benzene ring substituents is 1. The highest BCUT2D eigenvalue weighted by molar-refractivity contribution is 6.11. The Balaban J connectivity index is 2.19. The van der Waals surface area contributed by atoms with Crippen LogP contribution in [0.2, 0.25) is 0 Å². The van der Waals surface area contributed by atoms with Crippen LogP contribution in [0.5, 0.6) is 0 Å². The molecule has 23 heavy (non-hydrogen) atoms. The minimum Gasteiger partial charge on any atom is -0.288 e. The van der Waals surface area contributed by atoms with Crippen molar-refractivity contribution in [2.24, 2.45) is 0 Å². The van der Waals surface area contributed by atoms with Crippen LogP contribution in [0.25, 0.3) is 5.69 Å². The van der Waals surface area contributed by atoms with Crippen molar-refractivity contribution >= 4 is 11.5 Å². The normalized spacial score (nSPS) is 10.5. The molecule has 0 atom stereocenters. The number of benzene rings is 2. The summed E-state index contributed by atoms with van der Waals surface area (Å²) >= 11 is 0. The Morgan fingerprint density at radius 2 is 1.78 bits per heavy atom. The van der Waals surface area contributed by atoms with E-state index in [1.165, 1.54) is 47.6 Å². The van der Waals surface area contributed by atoms with Crippen molar-refractivity contribution in [1.82, 2.24) is 14.8 Å². The average Bonchev–Trinajstić information content (AvgIpc) is 3.08. The summed E-state index contributed by atoms with van der Waals surface area (Å²) < 4.78 is 15.3. The molecule has 2 aromatic carbocycles. The highest BCUT2D eigenvalue weighted by Crippen LogP contribution is 2.24. The predicted octanol–water partition coefficient (Wildman–Crippen LogP) is 2.55. The fraction of sp³-hybridized carbons (Fsp3) is 0. The molecule has 3 rings (SSSR count). The van der Waals surface area contributed by atoms with Gasteiger partial charge in [0.05, 0.1) is 21.7 Å². The van der Waals surface area contributed by atoms with Gasteiger partial charge in [0.1, 0.15) is 18.5 Å². The molecule has 0 radical (unpaired) electrons. The number of ketones is 1. The van der Waals surface area contributed by atoms with Gasteiger partial charge in [0, 0.05) is 12.1 Å². The maximum atomic E-state index is 13.9. The van der Waals surface area contributed by atoms with E-state index in [9.17, 15) is 19.3 Å². The monoisotopic (exact) mass is 312 g/mol. The SMILES string of the molecule is O=C(c1ccccc1F)c1cc([N+](=O)[O-])ccc1-n1cnnc1. The Morgan fingerprint density at radius 3 is 2.43 bits per heavy atom. The van der Waals surface area contributed by atoms with E-state index in [0.29, 0.717) is 5.69 Å². The van der Waals surface area contributed by atoms with E-state index in [4.69, 9.17) is 0 Å². The third kappa shape index (κ3) is 2.69. The molecule has 0 bridgehead atoms. The van der Waals surface area contributed by atoms with E-state index in [-0.39, 0.29) is 16.8 Å². The number of carbonyl (C=O) groups is 1. The molecule has 0 saturated carbocycles. The molecule has 3 aromatic rings. The number of hydrogen-bond donors (Lipinski definition) is 0. The summed E-state index contributed by atoms with van der Waals surface area (Å²) in [5.74, 6) is -1.35. The van der Waals surface area contributed by atoms with Crippen LogP contribution in [0.4, 0.5) is 10.1 Å². The van der Waals surface area contributed by atoms with Crippen molar-refractivity contribution in [1.29, 1.82) is 0 Å². The van der Waals surface area contributed by atoms with Gasteiger partial charge in [-0.2, -0.15) is 0 Å². The average molecular weight is 312 g/mol. The molecule has 8 heteroatoms. The van der Waals surface area contributed by atoms with Crippen LogP contribution in [0, 0.1) is 15.9 Å². The predicted molar refractivity (Wildman–Crippen MR) is 77.8 cm³/mol. The van der Waals surface area contributed by atoms with Gasteiger partial charge in [-0.05, 0) is 18.2 Å². The summed E-state index contributed by atoms with van der Waals surface area (Å²) in [6.45, 7) is 0. The number of nitrogens with zero attached hydrogens (tertiary/aromatic N) is 4. The topological polar surface area (TPSA) is 90.9 Å². The van der Waals surface area contributed by atoms with Gasteiger partial charge in [-0.15, -0.1) is 10.2 Å². The van der Waals surface area contributed by atoms with Gasteiger partial charge < -0.3 is 0 Å². The Bertz CT molecular complexity index is 893. The first kappa shape index (κ1) is 14.5. The van der Waals surface area contributed by atoms with Gasteiger partial charge in [-0.1, -0.05) is 12.1 Å². The first-order valence-electron chi connectivity index (χ1n) is 6.50. The number of aromatic nitrogens is 3. The molecule has 0 aliphatic rings. The second kappa shape index (κ2) is 5.76. The van der Waals surface area contributed by atoms with Gasteiger partial charge in [0.2, 0.25) is 0 Å². The molecule has 114 valence electrons. The van der Waals surface area contributed by atoms with E-state index in [1.54, 1.807) is 0 Å². The Labute approximate surface area is 129 Å². The fourth-order valence-corrected chi connectivity index (χ4v) is 2.16. The van der Waals surface area contributed by atoms with Crippen LogP contribution in [0.3, 0.4) is 0 Å². The maximum absolute atomic E-state index is 13.9. The van der Waals surface area contributed by atoms with Crippen LogP contribution in [-0.4, -0.2) is 25.5 Å². The molecular formula is C15H9FN4O3. The summed E-state index contributed by atoms with van der Waals surface area (Å²) in [6, 6.07) is 9.23. The molecule has 0 N–H and O–H groups in total. The van der Waals surface area contributed by atoms with Crippen molar-refractivity contribution in [3.05, 3.63) is 82.2 Å².